The molecule has 0 aliphatic heterocycles. The van der Waals surface area contributed by atoms with E-state index in [1.165, 1.54) is 12.1 Å². The Morgan fingerprint density at radius 1 is 1.00 bits per heavy atom. The van der Waals surface area contributed by atoms with E-state index < -0.39 is 11.9 Å². The molecule has 0 spiro atoms. The fourth-order valence-electron chi connectivity index (χ4n) is 3.49. The van der Waals surface area contributed by atoms with Crippen LogP contribution in [0.5, 0.6) is 5.75 Å². The van der Waals surface area contributed by atoms with Gasteiger partial charge in [-0.1, -0.05) is 31.2 Å². The summed E-state index contributed by atoms with van der Waals surface area (Å²) in [4.78, 5) is 29.6. The number of hydrogen-bond donors (Lipinski definition) is 5. The molecule has 3 aromatic rings. The smallest absolute Gasteiger partial charge is 0.255 e. The number of nitrogens with two attached hydrogens (primary N) is 3. The lowest BCUT2D eigenvalue weighted by atomic mass is 10.1. The Morgan fingerprint density at radius 2 is 1.66 bits per heavy atom. The number of carbonyl (C=O) groups excluding carboxylic acids is 2. The van der Waals surface area contributed by atoms with Gasteiger partial charge in [0.05, 0.1) is 17.3 Å². The van der Waals surface area contributed by atoms with Crippen molar-refractivity contribution in [3.05, 3.63) is 89.2 Å². The third kappa shape index (κ3) is 8.31. The highest BCUT2D eigenvalue weighted by Gasteiger charge is 2.18. The van der Waals surface area contributed by atoms with Gasteiger partial charge in [0.1, 0.15) is 18.2 Å². The van der Waals surface area contributed by atoms with Crippen LogP contribution in [0.3, 0.4) is 0 Å². The lowest BCUT2D eigenvalue weighted by molar-refractivity contribution is -0.117. The molecule has 0 aromatic heterocycles. The highest BCUT2D eigenvalue weighted by atomic mass is 19.1. The van der Waals surface area contributed by atoms with Gasteiger partial charge in [-0.05, 0) is 67.3 Å². The van der Waals surface area contributed by atoms with E-state index in [0.29, 0.717) is 16.9 Å². The first-order chi connectivity index (χ1) is 18.1. The summed E-state index contributed by atoms with van der Waals surface area (Å²) in [5, 5.41) is 5.70. The SMILES string of the molecule is CCC(C)NC(=O)c1ccc(NC(=O)[C@@H](N)Cc2ccc(N=C(N)N)cc2)cc1OCc1ccc(F)cc1. The Bertz CT molecular complexity index is 1270. The monoisotopic (exact) mass is 520 g/mol. The van der Waals surface area contributed by atoms with E-state index in [1.54, 1.807) is 54.6 Å². The molecule has 8 N–H and O–H groups in total. The molecular formula is C28H33FN6O3. The molecule has 0 saturated heterocycles. The van der Waals surface area contributed by atoms with Gasteiger partial charge < -0.3 is 32.6 Å². The summed E-state index contributed by atoms with van der Waals surface area (Å²) < 4.78 is 19.2. The summed E-state index contributed by atoms with van der Waals surface area (Å²) in [7, 11) is 0. The number of aliphatic imine (C=N–C) groups is 1. The van der Waals surface area contributed by atoms with Crippen molar-refractivity contribution in [1.29, 1.82) is 0 Å². The van der Waals surface area contributed by atoms with Gasteiger partial charge in [-0.3, -0.25) is 9.59 Å². The summed E-state index contributed by atoms with van der Waals surface area (Å²) in [6.45, 7) is 3.98. The van der Waals surface area contributed by atoms with Crippen LogP contribution in [0, 0.1) is 5.82 Å². The Balaban J connectivity index is 1.73. The molecule has 0 heterocycles. The summed E-state index contributed by atoms with van der Waals surface area (Å²) in [5.74, 6) is -0.824. The number of carbonyl (C=O) groups is 2. The molecule has 200 valence electrons. The third-order valence-corrected chi connectivity index (χ3v) is 5.78. The molecule has 3 aromatic carbocycles. The van der Waals surface area contributed by atoms with Gasteiger partial charge in [-0.25, -0.2) is 9.38 Å². The molecule has 1 unspecified atom stereocenters. The van der Waals surface area contributed by atoms with Crippen LogP contribution in [0.4, 0.5) is 15.8 Å². The number of nitrogens with one attached hydrogen (secondary N) is 2. The standard InChI is InChI=1S/C28H33FN6O3/c1-3-17(2)33-26(36)23-13-12-22(15-25(23)38-16-19-4-8-20(29)9-5-19)34-27(37)24(30)14-18-6-10-21(11-7-18)35-28(31)32/h4-13,15,17,24H,3,14,16,30H2,1-2H3,(H,33,36)(H,34,37)(H4,31,32,35)/t17?,24-/m0/s1. The molecule has 2 atom stereocenters. The van der Waals surface area contributed by atoms with Gasteiger partial charge in [-0.2, -0.15) is 0 Å². The molecule has 0 fully saturated rings. The van der Waals surface area contributed by atoms with Crippen LogP contribution in [0.15, 0.2) is 71.7 Å². The van der Waals surface area contributed by atoms with Crippen LogP contribution in [0.1, 0.15) is 41.8 Å². The van der Waals surface area contributed by atoms with Crippen molar-refractivity contribution in [2.24, 2.45) is 22.2 Å². The first kappa shape index (κ1) is 28.1. The van der Waals surface area contributed by atoms with Crippen LogP contribution < -0.4 is 32.6 Å². The molecular weight excluding hydrogens is 487 g/mol. The van der Waals surface area contributed by atoms with E-state index in [-0.39, 0.29) is 42.5 Å². The Morgan fingerprint density at radius 3 is 2.29 bits per heavy atom. The number of amides is 2. The van der Waals surface area contributed by atoms with Gasteiger partial charge in [-0.15, -0.1) is 0 Å². The number of anilines is 1. The Labute approximate surface area is 221 Å². The van der Waals surface area contributed by atoms with E-state index in [1.807, 2.05) is 13.8 Å². The van der Waals surface area contributed by atoms with Gasteiger partial charge >= 0.3 is 0 Å². The zero-order chi connectivity index (χ0) is 27.7. The Kier molecular flexibility index (Phi) is 9.78. The third-order valence-electron chi connectivity index (χ3n) is 5.78. The summed E-state index contributed by atoms with van der Waals surface area (Å²) in [6, 6.07) is 16.8. The van der Waals surface area contributed by atoms with Crippen LogP contribution in [0.2, 0.25) is 0 Å². The minimum atomic E-state index is -0.833. The minimum absolute atomic E-state index is 0.0293. The minimum Gasteiger partial charge on any atom is -0.488 e. The summed E-state index contributed by atoms with van der Waals surface area (Å²) in [6.07, 6.45) is 1.05. The van der Waals surface area contributed by atoms with Crippen LogP contribution in [0.25, 0.3) is 0 Å². The zero-order valence-corrected chi connectivity index (χ0v) is 21.4. The largest absolute Gasteiger partial charge is 0.488 e. The molecule has 0 saturated carbocycles. The topological polar surface area (TPSA) is 158 Å². The van der Waals surface area contributed by atoms with Crippen molar-refractivity contribution in [1.82, 2.24) is 5.32 Å². The van der Waals surface area contributed by atoms with Crippen molar-refractivity contribution in [2.75, 3.05) is 5.32 Å². The quantitative estimate of drug-likeness (QED) is 0.193. The van der Waals surface area contributed by atoms with E-state index in [9.17, 15) is 14.0 Å². The number of nitrogens with zero attached hydrogens (tertiary/aromatic N) is 1. The fraction of sp³-hybridized carbons (Fsp3) is 0.250. The highest BCUT2D eigenvalue weighted by Crippen LogP contribution is 2.25. The van der Waals surface area contributed by atoms with Gasteiger partial charge in [0.25, 0.3) is 5.91 Å². The van der Waals surface area contributed by atoms with Crippen molar-refractivity contribution in [3.63, 3.8) is 0 Å². The summed E-state index contributed by atoms with van der Waals surface area (Å²) >= 11 is 0. The van der Waals surface area contributed by atoms with E-state index in [4.69, 9.17) is 21.9 Å². The normalized spacial score (nSPS) is 12.2. The average molecular weight is 521 g/mol. The molecule has 10 heteroatoms. The lowest BCUT2D eigenvalue weighted by Crippen LogP contribution is -2.37. The van der Waals surface area contributed by atoms with Crippen LogP contribution in [-0.4, -0.2) is 29.9 Å². The second-order valence-electron chi connectivity index (χ2n) is 8.91. The van der Waals surface area contributed by atoms with E-state index in [0.717, 1.165) is 17.5 Å². The maximum absolute atomic E-state index is 13.3. The number of hydrogen-bond acceptors (Lipinski definition) is 5. The molecule has 9 nitrogen and oxygen atoms in total. The molecule has 0 bridgehead atoms. The maximum atomic E-state index is 13.3. The number of halogens is 1. The van der Waals surface area contributed by atoms with Gasteiger partial charge in [0.15, 0.2) is 5.96 Å². The summed E-state index contributed by atoms with van der Waals surface area (Å²) in [5.41, 5.74) is 19.8. The van der Waals surface area contributed by atoms with E-state index >= 15 is 0 Å². The van der Waals surface area contributed by atoms with E-state index in [2.05, 4.69) is 15.6 Å². The van der Waals surface area contributed by atoms with Crippen molar-refractivity contribution < 1.29 is 18.7 Å². The molecule has 2 amide bonds. The molecule has 0 radical (unpaired) electrons. The Hall–Kier alpha value is -4.44. The molecule has 0 aliphatic rings. The highest BCUT2D eigenvalue weighted by molar-refractivity contribution is 5.99. The number of rotatable bonds is 11. The lowest BCUT2D eigenvalue weighted by Gasteiger charge is -2.17. The fourth-order valence-corrected chi connectivity index (χ4v) is 3.49. The first-order valence-corrected chi connectivity index (χ1v) is 12.2. The van der Waals surface area contributed by atoms with Crippen molar-refractivity contribution in [3.8, 4) is 5.75 Å². The number of ether oxygens (including phenoxy) is 1. The van der Waals surface area contributed by atoms with Crippen LogP contribution in [-0.2, 0) is 17.8 Å². The van der Waals surface area contributed by atoms with Gasteiger partial charge in [0, 0.05) is 17.8 Å². The number of guanidine groups is 1. The second-order valence-corrected chi connectivity index (χ2v) is 8.91. The first-order valence-electron chi connectivity index (χ1n) is 12.2. The van der Waals surface area contributed by atoms with Crippen LogP contribution >= 0.6 is 0 Å². The molecule has 3 rings (SSSR count). The van der Waals surface area contributed by atoms with Crippen molar-refractivity contribution in [2.45, 2.75) is 45.4 Å². The average Bonchev–Trinajstić information content (AvgIpc) is 2.89. The van der Waals surface area contributed by atoms with Gasteiger partial charge in [0.2, 0.25) is 5.91 Å². The maximum Gasteiger partial charge on any atom is 0.255 e. The molecule has 0 aliphatic carbocycles. The molecule has 38 heavy (non-hydrogen) atoms. The number of benzene rings is 3. The predicted octanol–water partition coefficient (Wildman–Crippen LogP) is 3.35. The van der Waals surface area contributed by atoms with Crippen molar-refractivity contribution >= 4 is 29.1 Å². The predicted molar refractivity (Wildman–Crippen MR) is 147 cm³/mol. The second kappa shape index (κ2) is 13.2. The zero-order valence-electron chi connectivity index (χ0n) is 21.4.